The molecule has 0 unspecified atom stereocenters. The number of ketones is 1. The average molecular weight is 436 g/mol. The standard InChI is InChI=1S/C18H12BrClN2O4/c19-13-6-4-12(5-7-13)15(23)10-22-17(25)16(24)21(18(22)26)9-11-2-1-3-14(20)8-11/h1-8H,9-10H2. The van der Waals surface area contributed by atoms with Gasteiger partial charge >= 0.3 is 17.8 Å². The van der Waals surface area contributed by atoms with Crippen LogP contribution in [0.25, 0.3) is 0 Å². The number of hydrogen-bond acceptors (Lipinski definition) is 4. The summed E-state index contributed by atoms with van der Waals surface area (Å²) < 4.78 is 0.797. The molecule has 0 aliphatic carbocycles. The van der Waals surface area contributed by atoms with Crippen LogP contribution >= 0.6 is 27.5 Å². The fourth-order valence-electron chi connectivity index (χ4n) is 2.52. The largest absolute Gasteiger partial charge is 0.334 e. The first-order valence-electron chi connectivity index (χ1n) is 7.57. The lowest BCUT2D eigenvalue weighted by atomic mass is 10.1. The summed E-state index contributed by atoms with van der Waals surface area (Å²) in [5.74, 6) is -2.40. The van der Waals surface area contributed by atoms with E-state index in [-0.39, 0.29) is 6.54 Å². The van der Waals surface area contributed by atoms with E-state index < -0.39 is 30.2 Å². The summed E-state index contributed by atoms with van der Waals surface area (Å²) in [6, 6.07) is 12.3. The van der Waals surface area contributed by atoms with Gasteiger partial charge in [-0.1, -0.05) is 51.8 Å². The Morgan fingerprint density at radius 1 is 0.962 bits per heavy atom. The van der Waals surface area contributed by atoms with Gasteiger partial charge in [0, 0.05) is 15.1 Å². The molecule has 132 valence electrons. The summed E-state index contributed by atoms with van der Waals surface area (Å²) >= 11 is 9.16. The Labute approximate surface area is 162 Å². The Kier molecular flexibility index (Phi) is 5.20. The predicted octanol–water partition coefficient (Wildman–Crippen LogP) is 3.28. The number of nitrogens with zero attached hydrogens (tertiary/aromatic N) is 2. The molecule has 1 saturated heterocycles. The lowest BCUT2D eigenvalue weighted by Crippen LogP contribution is -2.36. The molecule has 0 aromatic heterocycles. The van der Waals surface area contributed by atoms with Gasteiger partial charge < -0.3 is 0 Å². The van der Waals surface area contributed by atoms with E-state index in [1.54, 1.807) is 48.5 Å². The van der Waals surface area contributed by atoms with Crippen LogP contribution in [0.4, 0.5) is 4.79 Å². The highest BCUT2D eigenvalue weighted by molar-refractivity contribution is 9.10. The van der Waals surface area contributed by atoms with Gasteiger partial charge in [-0.15, -0.1) is 0 Å². The molecule has 1 aliphatic heterocycles. The van der Waals surface area contributed by atoms with E-state index in [0.29, 0.717) is 21.0 Å². The van der Waals surface area contributed by atoms with Crippen molar-refractivity contribution in [3.63, 3.8) is 0 Å². The number of rotatable bonds is 5. The van der Waals surface area contributed by atoms with Crippen LogP contribution in [0.1, 0.15) is 15.9 Å². The van der Waals surface area contributed by atoms with Crippen LogP contribution < -0.4 is 0 Å². The molecular weight excluding hydrogens is 424 g/mol. The molecule has 6 nitrogen and oxygen atoms in total. The maximum Gasteiger partial charge on any atom is 0.334 e. The molecule has 2 aromatic carbocycles. The van der Waals surface area contributed by atoms with E-state index in [1.807, 2.05) is 0 Å². The van der Waals surface area contributed by atoms with Crippen molar-refractivity contribution in [3.8, 4) is 0 Å². The summed E-state index contributed by atoms with van der Waals surface area (Å²) in [7, 11) is 0. The van der Waals surface area contributed by atoms with Crippen molar-refractivity contribution in [3.05, 3.63) is 69.2 Å². The van der Waals surface area contributed by atoms with Crippen LogP contribution in [-0.2, 0) is 16.1 Å². The Morgan fingerprint density at radius 2 is 1.62 bits per heavy atom. The van der Waals surface area contributed by atoms with Crippen LogP contribution in [0, 0.1) is 0 Å². The summed E-state index contributed by atoms with van der Waals surface area (Å²) in [5.41, 5.74) is 0.947. The van der Waals surface area contributed by atoms with E-state index >= 15 is 0 Å². The fraction of sp³-hybridized carbons (Fsp3) is 0.111. The van der Waals surface area contributed by atoms with E-state index in [4.69, 9.17) is 11.6 Å². The number of carbonyl (C=O) groups is 4. The van der Waals surface area contributed by atoms with Crippen molar-refractivity contribution in [2.45, 2.75) is 6.54 Å². The lowest BCUT2D eigenvalue weighted by molar-refractivity contribution is -0.143. The number of amides is 4. The zero-order valence-electron chi connectivity index (χ0n) is 13.3. The SMILES string of the molecule is O=C(CN1C(=O)C(=O)N(Cc2cccc(Cl)c2)C1=O)c1ccc(Br)cc1. The first-order chi connectivity index (χ1) is 12.4. The highest BCUT2D eigenvalue weighted by Gasteiger charge is 2.45. The van der Waals surface area contributed by atoms with Crippen molar-refractivity contribution < 1.29 is 19.2 Å². The molecule has 1 fully saturated rings. The molecule has 26 heavy (non-hydrogen) atoms. The minimum absolute atomic E-state index is 0.0903. The minimum atomic E-state index is -1.01. The van der Waals surface area contributed by atoms with Gasteiger partial charge in [0.05, 0.1) is 13.1 Å². The maximum absolute atomic E-state index is 12.5. The second-order valence-electron chi connectivity index (χ2n) is 5.63. The minimum Gasteiger partial charge on any atom is -0.292 e. The molecule has 0 saturated carbocycles. The summed E-state index contributed by atoms with van der Waals surface area (Å²) in [5, 5.41) is 0.454. The van der Waals surface area contributed by atoms with Crippen molar-refractivity contribution in [1.82, 2.24) is 9.80 Å². The quantitative estimate of drug-likeness (QED) is 0.410. The molecule has 0 atom stereocenters. The van der Waals surface area contributed by atoms with Crippen LogP contribution in [-0.4, -0.2) is 40.0 Å². The number of carbonyl (C=O) groups excluding carboxylic acids is 4. The molecular formula is C18H12BrClN2O4. The molecule has 1 aliphatic rings. The van der Waals surface area contributed by atoms with E-state index in [1.165, 1.54) is 0 Å². The molecule has 0 bridgehead atoms. The third-order valence-electron chi connectivity index (χ3n) is 3.83. The van der Waals surface area contributed by atoms with Crippen molar-refractivity contribution in [1.29, 1.82) is 0 Å². The summed E-state index contributed by atoms with van der Waals surface area (Å²) in [6.45, 7) is -0.579. The van der Waals surface area contributed by atoms with Crippen LogP contribution in [0.2, 0.25) is 5.02 Å². The van der Waals surface area contributed by atoms with E-state index in [0.717, 1.165) is 9.37 Å². The lowest BCUT2D eigenvalue weighted by Gasteiger charge is -2.15. The Morgan fingerprint density at radius 3 is 2.27 bits per heavy atom. The van der Waals surface area contributed by atoms with E-state index in [2.05, 4.69) is 15.9 Å². The average Bonchev–Trinajstić information content (AvgIpc) is 2.80. The van der Waals surface area contributed by atoms with Crippen molar-refractivity contribution >= 4 is 51.2 Å². The smallest absolute Gasteiger partial charge is 0.292 e. The van der Waals surface area contributed by atoms with Crippen LogP contribution in [0.15, 0.2) is 53.0 Å². The second kappa shape index (κ2) is 7.39. The van der Waals surface area contributed by atoms with Crippen molar-refractivity contribution in [2.24, 2.45) is 0 Å². The van der Waals surface area contributed by atoms with Gasteiger partial charge in [-0.25, -0.2) is 9.69 Å². The first-order valence-corrected chi connectivity index (χ1v) is 8.74. The van der Waals surface area contributed by atoms with Gasteiger partial charge in [0.1, 0.15) is 0 Å². The molecule has 3 rings (SSSR count). The van der Waals surface area contributed by atoms with Gasteiger partial charge in [0.25, 0.3) is 0 Å². The zero-order valence-corrected chi connectivity index (χ0v) is 15.7. The predicted molar refractivity (Wildman–Crippen MR) is 97.6 cm³/mol. The van der Waals surface area contributed by atoms with Crippen LogP contribution in [0.3, 0.4) is 0 Å². The molecule has 4 amide bonds. The summed E-state index contributed by atoms with van der Waals surface area (Å²) in [4.78, 5) is 50.5. The van der Waals surface area contributed by atoms with Gasteiger partial charge in [0.2, 0.25) is 0 Å². The summed E-state index contributed by atoms with van der Waals surface area (Å²) in [6.07, 6.45) is 0. The topological polar surface area (TPSA) is 74.8 Å². The Hall–Kier alpha value is -2.51. The second-order valence-corrected chi connectivity index (χ2v) is 6.98. The maximum atomic E-state index is 12.5. The Bertz CT molecular complexity index is 914. The Balaban J connectivity index is 1.76. The number of benzene rings is 2. The highest BCUT2D eigenvalue weighted by atomic mass is 79.9. The molecule has 8 heteroatoms. The fourth-order valence-corrected chi connectivity index (χ4v) is 3.00. The van der Waals surface area contributed by atoms with Gasteiger partial charge in [-0.2, -0.15) is 0 Å². The third-order valence-corrected chi connectivity index (χ3v) is 4.60. The molecule has 0 radical (unpaired) electrons. The van der Waals surface area contributed by atoms with Gasteiger partial charge in [0.15, 0.2) is 5.78 Å². The molecule has 1 heterocycles. The number of halogens is 2. The van der Waals surface area contributed by atoms with Crippen molar-refractivity contribution in [2.75, 3.05) is 6.54 Å². The van der Waals surface area contributed by atoms with E-state index in [9.17, 15) is 19.2 Å². The highest BCUT2D eigenvalue weighted by Crippen LogP contribution is 2.19. The normalized spacial score (nSPS) is 14.3. The third kappa shape index (κ3) is 3.68. The molecule has 0 spiro atoms. The number of imide groups is 2. The monoisotopic (exact) mass is 434 g/mol. The zero-order chi connectivity index (χ0) is 18.8. The van der Waals surface area contributed by atoms with Crippen LogP contribution in [0.5, 0.6) is 0 Å². The van der Waals surface area contributed by atoms with Gasteiger partial charge in [-0.3, -0.25) is 19.3 Å². The molecule has 0 N–H and O–H groups in total. The molecule has 2 aromatic rings. The number of hydrogen-bond donors (Lipinski definition) is 0. The number of urea groups is 1. The number of Topliss-reactive ketones (excluding diaryl/α,β-unsaturated/α-hetero) is 1. The van der Waals surface area contributed by atoms with Gasteiger partial charge in [-0.05, 0) is 29.8 Å². The first kappa shape index (κ1) is 18.3.